The SMILES string of the molecule is COC(=O)CNC1=C/C(=N/c2ccc(OC)cc2)CC(C)(C)C1. The number of carbonyl (C=O) groups excluding carboxylic acids is 1. The third kappa shape index (κ3) is 5.13. The first kappa shape index (κ1) is 17.1. The number of allylic oxidation sites excluding steroid dienone is 2. The highest BCUT2D eigenvalue weighted by Gasteiger charge is 2.26. The van der Waals surface area contributed by atoms with Crippen molar-refractivity contribution in [3.8, 4) is 5.75 Å². The molecule has 124 valence electrons. The Hall–Kier alpha value is -2.30. The molecule has 0 atom stereocenters. The number of methoxy groups -OCH3 is 2. The van der Waals surface area contributed by atoms with Gasteiger partial charge in [0.1, 0.15) is 12.3 Å². The summed E-state index contributed by atoms with van der Waals surface area (Å²) >= 11 is 0. The van der Waals surface area contributed by atoms with Crippen LogP contribution in [0.1, 0.15) is 26.7 Å². The minimum absolute atomic E-state index is 0.0957. The van der Waals surface area contributed by atoms with Crippen LogP contribution in [0.25, 0.3) is 0 Å². The summed E-state index contributed by atoms with van der Waals surface area (Å²) in [5.74, 6) is 0.539. The predicted molar refractivity (Wildman–Crippen MR) is 91.2 cm³/mol. The molecule has 1 aromatic rings. The van der Waals surface area contributed by atoms with Gasteiger partial charge in [0.25, 0.3) is 0 Å². The highest BCUT2D eigenvalue weighted by atomic mass is 16.5. The van der Waals surface area contributed by atoms with Crippen molar-refractivity contribution < 1.29 is 14.3 Å². The number of rotatable bonds is 5. The molecule has 0 aromatic heterocycles. The average molecular weight is 316 g/mol. The number of aliphatic imine (C=N–C) groups is 1. The van der Waals surface area contributed by atoms with E-state index in [1.807, 2.05) is 30.3 Å². The Morgan fingerprint density at radius 1 is 1.22 bits per heavy atom. The molecule has 0 unspecified atom stereocenters. The predicted octanol–water partition coefficient (Wildman–Crippen LogP) is 3.23. The van der Waals surface area contributed by atoms with Crippen LogP contribution in [-0.4, -0.2) is 32.4 Å². The molecule has 1 aromatic carbocycles. The average Bonchev–Trinajstić information content (AvgIpc) is 2.52. The molecule has 0 radical (unpaired) electrons. The maximum absolute atomic E-state index is 11.3. The van der Waals surface area contributed by atoms with Crippen LogP contribution in [0.5, 0.6) is 5.75 Å². The van der Waals surface area contributed by atoms with Crippen LogP contribution in [0.3, 0.4) is 0 Å². The summed E-state index contributed by atoms with van der Waals surface area (Å²) in [4.78, 5) is 16.0. The third-order valence-corrected chi connectivity index (χ3v) is 3.70. The molecule has 0 fully saturated rings. The minimum atomic E-state index is -0.275. The zero-order valence-corrected chi connectivity index (χ0v) is 14.2. The van der Waals surface area contributed by atoms with Gasteiger partial charge < -0.3 is 14.8 Å². The Morgan fingerprint density at radius 3 is 2.52 bits per heavy atom. The number of ether oxygens (including phenoxy) is 2. The van der Waals surface area contributed by atoms with Crippen molar-refractivity contribution >= 4 is 17.4 Å². The van der Waals surface area contributed by atoms with E-state index in [4.69, 9.17) is 9.73 Å². The van der Waals surface area contributed by atoms with E-state index in [0.717, 1.165) is 35.7 Å². The van der Waals surface area contributed by atoms with E-state index in [9.17, 15) is 4.79 Å². The Morgan fingerprint density at radius 2 is 1.91 bits per heavy atom. The normalized spacial score (nSPS) is 18.3. The molecular formula is C18H24N2O3. The van der Waals surface area contributed by atoms with Crippen molar-refractivity contribution in [3.63, 3.8) is 0 Å². The van der Waals surface area contributed by atoms with Crippen molar-refractivity contribution in [1.82, 2.24) is 5.32 Å². The number of carbonyl (C=O) groups is 1. The summed E-state index contributed by atoms with van der Waals surface area (Å²) in [5, 5.41) is 3.15. The number of hydrogen-bond acceptors (Lipinski definition) is 5. The molecule has 0 bridgehead atoms. The lowest BCUT2D eigenvalue weighted by Crippen LogP contribution is -2.31. The van der Waals surface area contributed by atoms with Crippen LogP contribution in [0.4, 0.5) is 5.69 Å². The first-order chi connectivity index (χ1) is 10.9. The van der Waals surface area contributed by atoms with Gasteiger partial charge in [0.05, 0.1) is 19.9 Å². The van der Waals surface area contributed by atoms with E-state index in [1.165, 1.54) is 7.11 Å². The molecule has 1 aliphatic carbocycles. The fourth-order valence-electron chi connectivity index (χ4n) is 2.64. The summed E-state index contributed by atoms with van der Waals surface area (Å²) in [6.45, 7) is 4.57. The Labute approximate surface area is 137 Å². The first-order valence-electron chi connectivity index (χ1n) is 7.65. The monoisotopic (exact) mass is 316 g/mol. The third-order valence-electron chi connectivity index (χ3n) is 3.70. The second kappa shape index (κ2) is 7.31. The van der Waals surface area contributed by atoms with Crippen molar-refractivity contribution in [2.45, 2.75) is 26.7 Å². The van der Waals surface area contributed by atoms with Gasteiger partial charge in [0.2, 0.25) is 0 Å². The molecule has 23 heavy (non-hydrogen) atoms. The molecule has 0 aliphatic heterocycles. The minimum Gasteiger partial charge on any atom is -0.497 e. The van der Waals surface area contributed by atoms with Crippen LogP contribution in [-0.2, 0) is 9.53 Å². The maximum Gasteiger partial charge on any atom is 0.325 e. The fraction of sp³-hybridized carbons (Fsp3) is 0.444. The van der Waals surface area contributed by atoms with E-state index in [0.29, 0.717) is 0 Å². The van der Waals surface area contributed by atoms with Gasteiger partial charge in [-0.2, -0.15) is 0 Å². The maximum atomic E-state index is 11.3. The van der Waals surface area contributed by atoms with Gasteiger partial charge in [0.15, 0.2) is 0 Å². The molecule has 0 heterocycles. The van der Waals surface area contributed by atoms with Crippen molar-refractivity contribution in [3.05, 3.63) is 36.0 Å². The zero-order valence-electron chi connectivity index (χ0n) is 14.2. The van der Waals surface area contributed by atoms with Gasteiger partial charge in [-0.05, 0) is 48.6 Å². The van der Waals surface area contributed by atoms with E-state index in [2.05, 4.69) is 23.9 Å². The lowest BCUT2D eigenvalue weighted by molar-refractivity contribution is -0.139. The van der Waals surface area contributed by atoms with Crippen LogP contribution in [0.15, 0.2) is 41.0 Å². The lowest BCUT2D eigenvalue weighted by atomic mass is 9.78. The zero-order chi connectivity index (χ0) is 16.9. The Kier molecular flexibility index (Phi) is 5.42. The summed E-state index contributed by atoms with van der Waals surface area (Å²) in [6, 6.07) is 7.66. The molecule has 0 spiro atoms. The van der Waals surface area contributed by atoms with Gasteiger partial charge in [-0.15, -0.1) is 0 Å². The van der Waals surface area contributed by atoms with E-state index in [-0.39, 0.29) is 17.9 Å². The van der Waals surface area contributed by atoms with Gasteiger partial charge in [-0.25, -0.2) is 0 Å². The molecule has 5 nitrogen and oxygen atoms in total. The lowest BCUT2D eigenvalue weighted by Gasteiger charge is -2.31. The van der Waals surface area contributed by atoms with Gasteiger partial charge in [-0.1, -0.05) is 13.8 Å². The summed E-state index contributed by atoms with van der Waals surface area (Å²) in [5.41, 5.74) is 3.00. The van der Waals surface area contributed by atoms with Crippen LogP contribution in [0, 0.1) is 5.41 Å². The number of nitrogens with zero attached hydrogens (tertiary/aromatic N) is 1. The van der Waals surface area contributed by atoms with Crippen molar-refractivity contribution in [1.29, 1.82) is 0 Å². The molecule has 0 saturated carbocycles. The van der Waals surface area contributed by atoms with Crippen molar-refractivity contribution in [2.24, 2.45) is 10.4 Å². The number of nitrogens with one attached hydrogen (secondary N) is 1. The van der Waals surface area contributed by atoms with Crippen molar-refractivity contribution in [2.75, 3.05) is 20.8 Å². The summed E-state index contributed by atoms with van der Waals surface area (Å²) < 4.78 is 9.83. The molecule has 2 rings (SSSR count). The largest absolute Gasteiger partial charge is 0.497 e. The molecule has 1 N–H and O–H groups in total. The Balaban J connectivity index is 2.17. The van der Waals surface area contributed by atoms with Gasteiger partial charge in [0, 0.05) is 11.4 Å². The topological polar surface area (TPSA) is 59.9 Å². The summed E-state index contributed by atoms with van der Waals surface area (Å²) in [6.07, 6.45) is 3.80. The fourth-order valence-corrected chi connectivity index (χ4v) is 2.64. The summed E-state index contributed by atoms with van der Waals surface area (Å²) in [7, 11) is 3.03. The Bertz CT molecular complexity index is 616. The smallest absolute Gasteiger partial charge is 0.325 e. The van der Waals surface area contributed by atoms with Gasteiger partial charge >= 0.3 is 5.97 Å². The molecule has 0 amide bonds. The van der Waals surface area contributed by atoms with Crippen LogP contribution < -0.4 is 10.1 Å². The second-order valence-corrected chi connectivity index (χ2v) is 6.42. The first-order valence-corrected chi connectivity index (χ1v) is 7.65. The molecule has 0 saturated heterocycles. The van der Waals surface area contributed by atoms with Crippen LogP contribution >= 0.6 is 0 Å². The van der Waals surface area contributed by atoms with E-state index >= 15 is 0 Å². The van der Waals surface area contributed by atoms with Gasteiger partial charge in [-0.3, -0.25) is 9.79 Å². The highest BCUT2D eigenvalue weighted by molar-refractivity contribution is 5.98. The number of benzene rings is 1. The van der Waals surface area contributed by atoms with E-state index in [1.54, 1.807) is 7.11 Å². The number of esters is 1. The quantitative estimate of drug-likeness (QED) is 0.847. The molecule has 5 heteroatoms. The highest BCUT2D eigenvalue weighted by Crippen LogP contribution is 2.34. The second-order valence-electron chi connectivity index (χ2n) is 6.42. The van der Waals surface area contributed by atoms with Crippen LogP contribution in [0.2, 0.25) is 0 Å². The molecular weight excluding hydrogens is 292 g/mol. The standard InChI is InChI=1S/C18H24N2O3/c1-18(2)10-14(19-12-17(21)23-4)9-15(11-18)20-13-5-7-16(22-3)8-6-13/h5-9,19H,10-12H2,1-4H3/b20-15-. The molecule has 1 aliphatic rings. The van der Waals surface area contributed by atoms with E-state index < -0.39 is 0 Å². The number of hydrogen-bond donors (Lipinski definition) is 1.